The van der Waals surface area contributed by atoms with Crippen LogP contribution in [0.1, 0.15) is 51.6 Å². The van der Waals surface area contributed by atoms with Crippen LogP contribution >= 0.6 is 11.8 Å². The van der Waals surface area contributed by atoms with E-state index in [2.05, 4.69) is 68.2 Å². The molecule has 1 aliphatic rings. The van der Waals surface area contributed by atoms with E-state index in [1.54, 1.807) is 0 Å². The smallest absolute Gasteiger partial charge is 0.0351 e. The van der Waals surface area contributed by atoms with Gasteiger partial charge in [-0.15, -0.1) is 0 Å². The quantitative estimate of drug-likeness (QED) is 0.812. The molecule has 1 aliphatic heterocycles. The van der Waals surface area contributed by atoms with Crippen LogP contribution in [0.2, 0.25) is 0 Å². The van der Waals surface area contributed by atoms with Gasteiger partial charge in [0.25, 0.3) is 0 Å². The van der Waals surface area contributed by atoms with Gasteiger partial charge >= 0.3 is 0 Å². The lowest BCUT2D eigenvalue weighted by Crippen LogP contribution is -2.39. The van der Waals surface area contributed by atoms with Crippen molar-refractivity contribution < 1.29 is 0 Å². The maximum atomic E-state index is 3.96. The molecule has 1 aromatic rings. The van der Waals surface area contributed by atoms with E-state index >= 15 is 0 Å². The van der Waals surface area contributed by atoms with Gasteiger partial charge in [0.2, 0.25) is 0 Å². The lowest BCUT2D eigenvalue weighted by Gasteiger charge is -2.31. The van der Waals surface area contributed by atoms with Crippen LogP contribution in [0.3, 0.4) is 0 Å². The number of thioether (sulfide) groups is 1. The van der Waals surface area contributed by atoms with Crippen molar-refractivity contribution in [1.82, 2.24) is 5.32 Å². The number of hydrogen-bond acceptors (Lipinski definition) is 2. The van der Waals surface area contributed by atoms with Crippen LogP contribution < -0.4 is 5.32 Å². The second-order valence-electron chi connectivity index (χ2n) is 5.60. The van der Waals surface area contributed by atoms with Gasteiger partial charge in [-0.25, -0.2) is 0 Å². The van der Waals surface area contributed by atoms with E-state index in [-0.39, 0.29) is 0 Å². The normalized spacial score (nSPS) is 24.8. The molecule has 1 heterocycles. The Balaban J connectivity index is 2.14. The van der Waals surface area contributed by atoms with Gasteiger partial charge in [0.1, 0.15) is 0 Å². The highest BCUT2D eigenvalue weighted by Gasteiger charge is 2.29. The molecule has 0 aliphatic carbocycles. The average Bonchev–Trinajstić information content (AvgIpc) is 2.85. The Bertz CT molecular complexity index is 361. The summed E-state index contributed by atoms with van der Waals surface area (Å²) >= 11 is 2.11. The summed E-state index contributed by atoms with van der Waals surface area (Å²) in [4.78, 5) is 0. The molecule has 1 saturated heterocycles. The molecule has 0 saturated carbocycles. The zero-order chi connectivity index (χ0) is 13.7. The standard InChI is InChI=1S/C17H27NS/c1-4-14(5-2)17(15-9-7-6-8-10-15)18-16-11-12-19-13(16)3/h6-10,13-14,16-18H,4-5,11-12H2,1-3H3. The molecule has 3 atom stereocenters. The van der Waals surface area contributed by atoms with E-state index < -0.39 is 0 Å². The number of nitrogens with one attached hydrogen (secondary N) is 1. The van der Waals surface area contributed by atoms with Crippen molar-refractivity contribution in [2.24, 2.45) is 5.92 Å². The van der Waals surface area contributed by atoms with Crippen LogP contribution in [-0.4, -0.2) is 17.0 Å². The van der Waals surface area contributed by atoms with Crippen molar-refractivity contribution in [1.29, 1.82) is 0 Å². The van der Waals surface area contributed by atoms with Crippen molar-refractivity contribution in [3.05, 3.63) is 35.9 Å². The lowest BCUT2D eigenvalue weighted by molar-refractivity contribution is 0.307. The van der Waals surface area contributed by atoms with Crippen LogP contribution in [0.4, 0.5) is 0 Å². The van der Waals surface area contributed by atoms with Gasteiger partial charge in [-0.3, -0.25) is 0 Å². The summed E-state index contributed by atoms with van der Waals surface area (Å²) in [7, 11) is 0. The summed E-state index contributed by atoms with van der Waals surface area (Å²) in [6, 6.07) is 12.2. The molecular weight excluding hydrogens is 250 g/mol. The molecule has 0 aromatic heterocycles. The van der Waals surface area contributed by atoms with Crippen LogP contribution in [-0.2, 0) is 0 Å². The third-order valence-electron chi connectivity index (χ3n) is 4.45. The third kappa shape index (κ3) is 3.76. The second-order valence-corrected chi connectivity index (χ2v) is 7.09. The van der Waals surface area contributed by atoms with E-state index in [0.717, 1.165) is 11.2 Å². The van der Waals surface area contributed by atoms with Gasteiger partial charge in [-0.05, 0) is 23.7 Å². The zero-order valence-corrected chi connectivity index (χ0v) is 13.2. The fourth-order valence-corrected chi connectivity index (χ4v) is 4.31. The highest BCUT2D eigenvalue weighted by molar-refractivity contribution is 8.00. The molecule has 2 heteroatoms. The summed E-state index contributed by atoms with van der Waals surface area (Å²) in [5.74, 6) is 2.05. The highest BCUT2D eigenvalue weighted by Crippen LogP contribution is 2.32. The Morgan fingerprint density at radius 1 is 1.21 bits per heavy atom. The van der Waals surface area contributed by atoms with Crippen molar-refractivity contribution in [2.75, 3.05) is 5.75 Å². The molecule has 3 unspecified atom stereocenters. The van der Waals surface area contributed by atoms with Gasteiger partial charge < -0.3 is 5.32 Å². The van der Waals surface area contributed by atoms with Gasteiger partial charge in [0, 0.05) is 17.3 Å². The summed E-state index contributed by atoms with van der Waals surface area (Å²) in [6.45, 7) is 7.00. The van der Waals surface area contributed by atoms with Crippen LogP contribution in [0.5, 0.6) is 0 Å². The maximum absolute atomic E-state index is 3.96. The summed E-state index contributed by atoms with van der Waals surface area (Å²) in [6.07, 6.45) is 3.81. The zero-order valence-electron chi connectivity index (χ0n) is 12.4. The van der Waals surface area contributed by atoms with Crippen molar-refractivity contribution in [3.8, 4) is 0 Å². The first-order valence-electron chi connectivity index (χ1n) is 7.68. The van der Waals surface area contributed by atoms with E-state index in [4.69, 9.17) is 0 Å². The largest absolute Gasteiger partial charge is 0.306 e. The minimum absolute atomic E-state index is 0.516. The molecule has 19 heavy (non-hydrogen) atoms. The molecular formula is C17H27NS. The first-order chi connectivity index (χ1) is 9.26. The van der Waals surface area contributed by atoms with Crippen LogP contribution in [0, 0.1) is 5.92 Å². The minimum Gasteiger partial charge on any atom is -0.306 e. The van der Waals surface area contributed by atoms with Gasteiger partial charge in [0.05, 0.1) is 0 Å². The van der Waals surface area contributed by atoms with Gasteiger partial charge in [0.15, 0.2) is 0 Å². The summed E-state index contributed by atoms with van der Waals surface area (Å²) in [5, 5.41) is 4.71. The Hall–Kier alpha value is -0.470. The SMILES string of the molecule is CCC(CC)C(NC1CCSC1C)c1ccccc1. The fraction of sp³-hybridized carbons (Fsp3) is 0.647. The van der Waals surface area contributed by atoms with E-state index in [1.165, 1.54) is 30.6 Å². The molecule has 0 spiro atoms. The Morgan fingerprint density at radius 3 is 2.42 bits per heavy atom. The predicted octanol–water partition coefficient (Wildman–Crippen LogP) is 4.65. The molecule has 2 rings (SSSR count). The average molecular weight is 277 g/mol. The minimum atomic E-state index is 0.516. The third-order valence-corrected chi connectivity index (χ3v) is 5.77. The number of benzene rings is 1. The molecule has 1 fully saturated rings. The Kier molecular flexibility index (Phi) is 5.77. The van der Waals surface area contributed by atoms with Gasteiger partial charge in [-0.1, -0.05) is 63.9 Å². The molecule has 0 bridgehead atoms. The lowest BCUT2D eigenvalue weighted by atomic mass is 9.88. The second kappa shape index (κ2) is 7.35. The molecule has 0 radical (unpaired) electrons. The van der Waals surface area contributed by atoms with Crippen molar-refractivity contribution in [3.63, 3.8) is 0 Å². The number of rotatable bonds is 6. The van der Waals surface area contributed by atoms with Crippen molar-refractivity contribution in [2.45, 2.75) is 57.4 Å². The van der Waals surface area contributed by atoms with E-state index in [0.29, 0.717) is 12.1 Å². The van der Waals surface area contributed by atoms with Gasteiger partial charge in [-0.2, -0.15) is 11.8 Å². The predicted molar refractivity (Wildman–Crippen MR) is 86.7 cm³/mol. The monoisotopic (exact) mass is 277 g/mol. The molecule has 1 N–H and O–H groups in total. The molecule has 1 aromatic carbocycles. The molecule has 1 nitrogen and oxygen atoms in total. The first-order valence-corrected chi connectivity index (χ1v) is 8.73. The Labute approximate surface area is 122 Å². The van der Waals surface area contributed by atoms with Crippen LogP contribution in [0.25, 0.3) is 0 Å². The highest BCUT2D eigenvalue weighted by atomic mass is 32.2. The summed E-state index contributed by atoms with van der Waals surface area (Å²) < 4.78 is 0. The molecule has 0 amide bonds. The molecule has 106 valence electrons. The first kappa shape index (κ1) is 14.9. The Morgan fingerprint density at radius 2 is 1.89 bits per heavy atom. The number of hydrogen-bond donors (Lipinski definition) is 1. The van der Waals surface area contributed by atoms with E-state index in [9.17, 15) is 0 Å². The maximum Gasteiger partial charge on any atom is 0.0351 e. The topological polar surface area (TPSA) is 12.0 Å². The summed E-state index contributed by atoms with van der Waals surface area (Å²) in [5.41, 5.74) is 1.46. The fourth-order valence-electron chi connectivity index (χ4n) is 3.11. The van der Waals surface area contributed by atoms with E-state index in [1.807, 2.05) is 0 Å². The van der Waals surface area contributed by atoms with Crippen LogP contribution in [0.15, 0.2) is 30.3 Å². The van der Waals surface area contributed by atoms with Crippen molar-refractivity contribution >= 4 is 11.8 Å².